The third-order valence-corrected chi connectivity index (χ3v) is 9.51. The fourth-order valence-corrected chi connectivity index (χ4v) is 7.02. The van der Waals surface area contributed by atoms with Gasteiger partial charge in [0.05, 0.1) is 5.69 Å². The number of hydrogen-bond donors (Lipinski definition) is 0. The van der Waals surface area contributed by atoms with Crippen molar-refractivity contribution in [2.24, 2.45) is 0 Å². The number of benzene rings is 8. The predicted molar refractivity (Wildman–Crippen MR) is 210 cm³/mol. The maximum Gasteiger partial charge on any atom is 0.159 e. The van der Waals surface area contributed by atoms with Gasteiger partial charge in [0.1, 0.15) is 5.58 Å². The molecule has 0 radical (unpaired) electrons. The van der Waals surface area contributed by atoms with Gasteiger partial charge in [0.15, 0.2) is 5.58 Å². The van der Waals surface area contributed by atoms with Gasteiger partial charge in [0, 0.05) is 22.1 Å². The van der Waals surface area contributed by atoms with E-state index in [-0.39, 0.29) is 0 Å². The summed E-state index contributed by atoms with van der Waals surface area (Å²) < 4.78 is 6.55. The van der Waals surface area contributed by atoms with Gasteiger partial charge in [0.2, 0.25) is 0 Å². The van der Waals surface area contributed by atoms with Crippen LogP contribution in [0.4, 0.5) is 17.1 Å². The van der Waals surface area contributed by atoms with Crippen molar-refractivity contribution in [1.82, 2.24) is 0 Å². The first-order valence-corrected chi connectivity index (χ1v) is 17.0. The van der Waals surface area contributed by atoms with Gasteiger partial charge in [-0.15, -0.1) is 0 Å². The van der Waals surface area contributed by atoms with E-state index in [1.807, 2.05) is 12.1 Å². The molecule has 50 heavy (non-hydrogen) atoms. The average Bonchev–Trinajstić information content (AvgIpc) is 3.59. The molecule has 0 spiro atoms. The Hall–Kier alpha value is -6.64. The number of rotatable bonds is 7. The van der Waals surface area contributed by atoms with Crippen molar-refractivity contribution in [1.29, 1.82) is 0 Å². The van der Waals surface area contributed by atoms with Crippen molar-refractivity contribution in [2.45, 2.75) is 0 Å². The highest BCUT2D eigenvalue weighted by molar-refractivity contribution is 6.10. The lowest BCUT2D eigenvalue weighted by atomic mass is 9.91. The molecule has 0 N–H and O–H groups in total. The summed E-state index contributed by atoms with van der Waals surface area (Å²) in [6.45, 7) is 0. The summed E-state index contributed by atoms with van der Waals surface area (Å²) in [6, 6.07) is 71.0. The maximum atomic E-state index is 6.55. The normalized spacial score (nSPS) is 11.2. The van der Waals surface area contributed by atoms with Crippen LogP contribution >= 0.6 is 0 Å². The molecule has 2 nitrogen and oxygen atoms in total. The summed E-state index contributed by atoms with van der Waals surface area (Å²) in [4.78, 5) is 2.30. The number of nitrogens with zero attached hydrogens (tertiary/aromatic N) is 1. The quantitative estimate of drug-likeness (QED) is 0.173. The third kappa shape index (κ3) is 5.43. The molecule has 1 heterocycles. The predicted octanol–water partition coefficient (Wildman–Crippen LogP) is 13.7. The van der Waals surface area contributed by atoms with Crippen LogP contribution in [0, 0.1) is 0 Å². The lowest BCUT2D eigenvalue weighted by Gasteiger charge is -2.26. The zero-order valence-electron chi connectivity index (χ0n) is 27.4. The largest absolute Gasteiger partial charge is 0.454 e. The van der Waals surface area contributed by atoms with E-state index in [4.69, 9.17) is 4.42 Å². The molecule has 0 fully saturated rings. The molecular weight excluding hydrogens is 607 g/mol. The minimum atomic E-state index is 0.869. The number of anilines is 3. The Morgan fingerprint density at radius 1 is 0.320 bits per heavy atom. The molecule has 0 bridgehead atoms. The minimum absolute atomic E-state index is 0.869. The summed E-state index contributed by atoms with van der Waals surface area (Å²) in [5.41, 5.74) is 14.4. The molecule has 0 unspecified atom stereocenters. The van der Waals surface area contributed by atoms with Crippen molar-refractivity contribution in [2.75, 3.05) is 4.90 Å². The fraction of sp³-hybridized carbons (Fsp3) is 0. The van der Waals surface area contributed by atoms with E-state index < -0.39 is 0 Å². The Labute approximate surface area is 292 Å². The second-order valence-electron chi connectivity index (χ2n) is 12.5. The summed E-state index contributed by atoms with van der Waals surface area (Å²) in [5.74, 6) is 0. The highest BCUT2D eigenvalue weighted by Crippen LogP contribution is 2.43. The van der Waals surface area contributed by atoms with Crippen LogP contribution in [-0.4, -0.2) is 0 Å². The van der Waals surface area contributed by atoms with Gasteiger partial charge in [-0.25, -0.2) is 0 Å². The van der Waals surface area contributed by atoms with E-state index >= 15 is 0 Å². The Morgan fingerprint density at radius 2 is 0.800 bits per heavy atom. The van der Waals surface area contributed by atoms with Crippen LogP contribution in [0.25, 0.3) is 66.4 Å². The zero-order valence-corrected chi connectivity index (χ0v) is 27.4. The Bertz CT molecular complexity index is 2550. The van der Waals surface area contributed by atoms with Crippen molar-refractivity contribution in [3.8, 4) is 44.5 Å². The molecule has 1 aromatic heterocycles. The van der Waals surface area contributed by atoms with Crippen molar-refractivity contribution in [3.63, 3.8) is 0 Å². The summed E-state index contributed by atoms with van der Waals surface area (Å²) in [6.07, 6.45) is 0. The zero-order chi connectivity index (χ0) is 33.3. The molecule has 0 amide bonds. The van der Waals surface area contributed by atoms with E-state index in [0.717, 1.165) is 44.6 Å². The second-order valence-corrected chi connectivity index (χ2v) is 12.5. The Morgan fingerprint density at radius 3 is 1.44 bits per heavy atom. The topological polar surface area (TPSA) is 16.4 Å². The number of para-hydroxylation sites is 2. The highest BCUT2D eigenvalue weighted by atomic mass is 16.3. The first-order valence-electron chi connectivity index (χ1n) is 17.0. The monoisotopic (exact) mass is 639 g/mol. The van der Waals surface area contributed by atoms with Crippen molar-refractivity contribution in [3.05, 3.63) is 200 Å². The summed E-state index contributed by atoms with van der Waals surface area (Å²) in [7, 11) is 0. The molecule has 0 saturated carbocycles. The van der Waals surface area contributed by atoms with E-state index in [1.54, 1.807) is 0 Å². The molecular formula is C48H33NO. The van der Waals surface area contributed by atoms with Crippen LogP contribution in [0.2, 0.25) is 0 Å². The molecule has 8 aromatic carbocycles. The molecule has 0 aliphatic rings. The van der Waals surface area contributed by atoms with Crippen LogP contribution in [0.1, 0.15) is 0 Å². The number of furan rings is 1. The number of hydrogen-bond acceptors (Lipinski definition) is 2. The molecule has 0 atom stereocenters. The van der Waals surface area contributed by atoms with Gasteiger partial charge < -0.3 is 9.32 Å². The molecule has 0 aliphatic carbocycles. The van der Waals surface area contributed by atoms with Crippen LogP contribution < -0.4 is 4.90 Å². The lowest BCUT2D eigenvalue weighted by molar-refractivity contribution is 0.669. The first-order chi connectivity index (χ1) is 24.8. The van der Waals surface area contributed by atoms with Gasteiger partial charge in [-0.1, -0.05) is 158 Å². The SMILES string of the molecule is c1ccc(-c2ccc(N(c3ccc(-c4ccc(-c5ccccc5)c(-c5ccccc5)c4)cc3)c3cccc4c3oc3ccccc34)cc2)cc1. The molecule has 0 saturated heterocycles. The standard InChI is InChI=1S/C48H33NO/c1-4-13-34(14-5-1)35-23-28-40(29-24-35)49(46-21-12-20-44-43-19-10-11-22-47(43)50-48(44)46)41-30-25-36(26-31-41)39-27-32-42(37-15-6-2-7-16-37)45(33-39)38-17-8-3-9-18-38/h1-33H. The van der Waals surface area contributed by atoms with Gasteiger partial charge in [-0.3, -0.25) is 0 Å². The smallest absolute Gasteiger partial charge is 0.159 e. The lowest BCUT2D eigenvalue weighted by Crippen LogP contribution is -2.10. The third-order valence-electron chi connectivity index (χ3n) is 9.51. The Balaban J connectivity index is 1.15. The van der Waals surface area contributed by atoms with Gasteiger partial charge in [-0.2, -0.15) is 0 Å². The van der Waals surface area contributed by atoms with Crippen molar-refractivity contribution < 1.29 is 4.42 Å². The first kappa shape index (κ1) is 29.5. The second kappa shape index (κ2) is 12.8. The molecule has 9 aromatic rings. The van der Waals surface area contributed by atoms with E-state index in [1.165, 1.54) is 38.9 Å². The van der Waals surface area contributed by atoms with Gasteiger partial charge in [0.25, 0.3) is 0 Å². The van der Waals surface area contributed by atoms with Crippen molar-refractivity contribution >= 4 is 39.0 Å². The average molecular weight is 640 g/mol. The van der Waals surface area contributed by atoms with Crippen LogP contribution in [-0.2, 0) is 0 Å². The maximum absolute atomic E-state index is 6.55. The summed E-state index contributed by atoms with van der Waals surface area (Å²) in [5, 5.41) is 2.22. The van der Waals surface area contributed by atoms with E-state index in [9.17, 15) is 0 Å². The van der Waals surface area contributed by atoms with Crippen LogP contribution in [0.3, 0.4) is 0 Å². The molecule has 236 valence electrons. The highest BCUT2D eigenvalue weighted by Gasteiger charge is 2.20. The summed E-state index contributed by atoms with van der Waals surface area (Å²) >= 11 is 0. The van der Waals surface area contributed by atoms with Gasteiger partial charge in [-0.05, 0) is 87.0 Å². The van der Waals surface area contributed by atoms with Crippen LogP contribution in [0.15, 0.2) is 205 Å². The Kier molecular flexibility index (Phi) is 7.53. The fourth-order valence-electron chi connectivity index (χ4n) is 7.02. The molecule has 9 rings (SSSR count). The van der Waals surface area contributed by atoms with Crippen LogP contribution in [0.5, 0.6) is 0 Å². The minimum Gasteiger partial charge on any atom is -0.454 e. The van der Waals surface area contributed by atoms with Gasteiger partial charge >= 0.3 is 0 Å². The molecule has 0 aliphatic heterocycles. The van der Waals surface area contributed by atoms with E-state index in [2.05, 4.69) is 193 Å². The molecule has 2 heteroatoms. The number of fused-ring (bicyclic) bond motifs is 3. The van der Waals surface area contributed by atoms with E-state index in [0.29, 0.717) is 0 Å².